The van der Waals surface area contributed by atoms with E-state index in [9.17, 15) is 18.3 Å². The summed E-state index contributed by atoms with van der Waals surface area (Å²) >= 11 is 1.24. The van der Waals surface area contributed by atoms with Gasteiger partial charge in [-0.15, -0.1) is 6.42 Å². The van der Waals surface area contributed by atoms with Crippen LogP contribution >= 0.6 is 11.8 Å². The van der Waals surface area contributed by atoms with Crippen molar-refractivity contribution in [1.29, 1.82) is 0 Å². The van der Waals surface area contributed by atoms with Crippen LogP contribution in [-0.2, 0) is 19.3 Å². The Morgan fingerprint density at radius 3 is 2.68 bits per heavy atom. The molecule has 0 aliphatic rings. The first-order valence-electron chi connectivity index (χ1n) is 6.34. The highest BCUT2D eigenvalue weighted by atomic mass is 32.2. The third-order valence-corrected chi connectivity index (χ3v) is 3.89. The zero-order valence-corrected chi connectivity index (χ0v) is 12.3. The van der Waals surface area contributed by atoms with Crippen molar-refractivity contribution in [2.75, 3.05) is 5.75 Å². The maximum atomic E-state index is 13.1. The van der Waals surface area contributed by atoms with Crippen LogP contribution in [0.2, 0.25) is 0 Å². The average Bonchev–Trinajstić information content (AvgIpc) is 2.86. The van der Waals surface area contributed by atoms with Gasteiger partial charge in [0.05, 0.1) is 36.4 Å². The van der Waals surface area contributed by atoms with Crippen LogP contribution in [0.3, 0.4) is 0 Å². The molecule has 0 fully saturated rings. The van der Waals surface area contributed by atoms with Gasteiger partial charge in [-0.05, 0) is 11.6 Å². The number of rotatable bonds is 5. The Bertz CT molecular complexity index is 689. The van der Waals surface area contributed by atoms with Crippen molar-refractivity contribution in [3.05, 3.63) is 47.3 Å². The quantitative estimate of drug-likeness (QED) is 0.677. The molecule has 1 aromatic heterocycles. The van der Waals surface area contributed by atoms with Crippen molar-refractivity contribution >= 4 is 11.8 Å². The van der Waals surface area contributed by atoms with Gasteiger partial charge in [0.25, 0.3) is 0 Å². The van der Waals surface area contributed by atoms with Crippen LogP contribution in [0.5, 0.6) is 0 Å². The van der Waals surface area contributed by atoms with Crippen molar-refractivity contribution < 1.29 is 18.3 Å². The topological polar surface area (TPSA) is 38.1 Å². The monoisotopic (exact) mass is 326 g/mol. The van der Waals surface area contributed by atoms with Crippen LogP contribution in [0.25, 0.3) is 0 Å². The molecule has 22 heavy (non-hydrogen) atoms. The summed E-state index contributed by atoms with van der Waals surface area (Å²) in [6, 6.07) is 5.36. The Labute approximate surface area is 130 Å². The largest absolute Gasteiger partial charge is 0.416 e. The molecule has 116 valence electrons. The first-order valence-corrected chi connectivity index (χ1v) is 7.32. The Balaban J connectivity index is 2.39. The predicted octanol–water partition coefficient (Wildman–Crippen LogP) is 3.17. The Morgan fingerprint density at radius 1 is 1.32 bits per heavy atom. The van der Waals surface area contributed by atoms with Gasteiger partial charge in [-0.3, -0.25) is 0 Å². The molecule has 2 rings (SSSR count). The maximum Gasteiger partial charge on any atom is 0.416 e. The zero-order valence-electron chi connectivity index (χ0n) is 11.5. The van der Waals surface area contributed by atoms with E-state index < -0.39 is 11.7 Å². The van der Waals surface area contributed by atoms with Crippen molar-refractivity contribution in [3.63, 3.8) is 0 Å². The number of benzene rings is 1. The van der Waals surface area contributed by atoms with Gasteiger partial charge in [0, 0.05) is 0 Å². The molecule has 0 amide bonds. The SMILES string of the molecule is C#CCSc1ncc(CO)n1Cc1ccccc1C(F)(F)F. The highest BCUT2D eigenvalue weighted by Crippen LogP contribution is 2.33. The van der Waals surface area contributed by atoms with E-state index in [1.54, 1.807) is 10.6 Å². The molecule has 3 nitrogen and oxygen atoms in total. The fraction of sp³-hybridized carbons (Fsp3) is 0.267. The predicted molar refractivity (Wildman–Crippen MR) is 78.3 cm³/mol. The van der Waals surface area contributed by atoms with Gasteiger partial charge in [-0.2, -0.15) is 13.2 Å². The van der Waals surface area contributed by atoms with Gasteiger partial charge in [0.2, 0.25) is 0 Å². The van der Waals surface area contributed by atoms with E-state index in [4.69, 9.17) is 6.42 Å². The molecule has 0 atom stereocenters. The lowest BCUT2D eigenvalue weighted by Crippen LogP contribution is -2.13. The lowest BCUT2D eigenvalue weighted by atomic mass is 10.1. The van der Waals surface area contributed by atoms with Crippen LogP contribution in [0.15, 0.2) is 35.6 Å². The summed E-state index contributed by atoms with van der Waals surface area (Å²) in [6.07, 6.45) is 2.21. The number of aromatic nitrogens is 2. The molecule has 0 radical (unpaired) electrons. The van der Waals surface area contributed by atoms with E-state index in [1.807, 2.05) is 0 Å². The Kier molecular flexibility index (Phi) is 5.16. The molecule has 1 heterocycles. The van der Waals surface area contributed by atoms with Crippen molar-refractivity contribution in [1.82, 2.24) is 9.55 Å². The average molecular weight is 326 g/mol. The van der Waals surface area contributed by atoms with Gasteiger partial charge < -0.3 is 9.67 Å². The molecule has 0 aliphatic heterocycles. The second-order valence-electron chi connectivity index (χ2n) is 4.42. The molecule has 0 unspecified atom stereocenters. The first kappa shape index (κ1) is 16.5. The smallest absolute Gasteiger partial charge is 0.390 e. The van der Waals surface area contributed by atoms with E-state index >= 15 is 0 Å². The molecule has 1 aromatic carbocycles. The van der Waals surface area contributed by atoms with Crippen molar-refractivity contribution in [3.8, 4) is 12.3 Å². The fourth-order valence-electron chi connectivity index (χ4n) is 2.01. The minimum Gasteiger partial charge on any atom is -0.390 e. The molecule has 0 saturated heterocycles. The molecule has 0 spiro atoms. The minimum absolute atomic E-state index is 0.0293. The number of hydrogen-bond donors (Lipinski definition) is 1. The number of aliphatic hydroxyl groups is 1. The van der Waals surface area contributed by atoms with Gasteiger partial charge in [0.15, 0.2) is 5.16 Å². The zero-order chi connectivity index (χ0) is 16.2. The van der Waals surface area contributed by atoms with Crippen LogP contribution in [0.1, 0.15) is 16.8 Å². The normalized spacial score (nSPS) is 11.4. The summed E-state index contributed by atoms with van der Waals surface area (Å²) in [4.78, 5) is 4.10. The van der Waals surface area contributed by atoms with E-state index in [2.05, 4.69) is 10.9 Å². The second kappa shape index (κ2) is 6.90. The molecule has 7 heteroatoms. The molecule has 1 N–H and O–H groups in total. The number of terminal acetylenes is 1. The number of thioether (sulfide) groups is 1. The van der Waals surface area contributed by atoms with E-state index in [1.165, 1.54) is 30.1 Å². The Hall–Kier alpha value is -1.91. The van der Waals surface area contributed by atoms with E-state index in [-0.39, 0.29) is 18.7 Å². The molecular weight excluding hydrogens is 313 g/mol. The first-order chi connectivity index (χ1) is 10.5. The lowest BCUT2D eigenvalue weighted by molar-refractivity contribution is -0.138. The number of aliphatic hydroxyl groups excluding tert-OH is 1. The summed E-state index contributed by atoms with van der Waals surface area (Å²) in [5, 5.41) is 9.82. The highest BCUT2D eigenvalue weighted by Gasteiger charge is 2.33. The van der Waals surface area contributed by atoms with E-state index in [0.29, 0.717) is 16.6 Å². The molecule has 0 bridgehead atoms. The molecule has 2 aromatic rings. The van der Waals surface area contributed by atoms with Crippen molar-refractivity contribution in [2.24, 2.45) is 0 Å². The van der Waals surface area contributed by atoms with Crippen LogP contribution in [-0.4, -0.2) is 20.4 Å². The summed E-state index contributed by atoms with van der Waals surface area (Å²) < 4.78 is 40.7. The number of halogens is 3. The maximum absolute atomic E-state index is 13.1. The number of hydrogen-bond acceptors (Lipinski definition) is 3. The lowest BCUT2D eigenvalue weighted by Gasteiger charge is -2.15. The molecule has 0 aliphatic carbocycles. The minimum atomic E-state index is -4.43. The van der Waals surface area contributed by atoms with Gasteiger partial charge in [-0.25, -0.2) is 4.98 Å². The second-order valence-corrected chi connectivity index (χ2v) is 5.37. The Morgan fingerprint density at radius 2 is 2.05 bits per heavy atom. The van der Waals surface area contributed by atoms with Crippen LogP contribution < -0.4 is 0 Å². The molecule has 0 saturated carbocycles. The van der Waals surface area contributed by atoms with Crippen LogP contribution in [0, 0.1) is 12.3 Å². The van der Waals surface area contributed by atoms with Gasteiger partial charge in [0.1, 0.15) is 0 Å². The summed E-state index contributed by atoms with van der Waals surface area (Å²) in [5.74, 6) is 2.79. The fourth-order valence-corrected chi connectivity index (χ4v) is 2.69. The molecular formula is C15H13F3N2OS. The third-order valence-electron chi connectivity index (χ3n) is 3.00. The van der Waals surface area contributed by atoms with Crippen molar-refractivity contribution in [2.45, 2.75) is 24.5 Å². The van der Waals surface area contributed by atoms with Gasteiger partial charge >= 0.3 is 6.18 Å². The third kappa shape index (κ3) is 3.64. The number of alkyl halides is 3. The van der Waals surface area contributed by atoms with E-state index in [0.717, 1.165) is 6.07 Å². The summed E-state index contributed by atoms with van der Waals surface area (Å²) in [7, 11) is 0. The standard InChI is InChI=1S/C15H13F3N2OS/c1-2-7-22-14-19-8-12(10-21)20(14)9-11-5-3-4-6-13(11)15(16,17)18/h1,3-6,8,21H,7,9-10H2. The summed E-state index contributed by atoms with van der Waals surface area (Å²) in [5.41, 5.74) is -0.137. The number of imidazole rings is 1. The van der Waals surface area contributed by atoms with Gasteiger partial charge in [-0.1, -0.05) is 35.9 Å². The van der Waals surface area contributed by atoms with Crippen LogP contribution in [0.4, 0.5) is 13.2 Å². The highest BCUT2D eigenvalue weighted by molar-refractivity contribution is 7.99. The number of nitrogens with zero attached hydrogens (tertiary/aromatic N) is 2. The summed E-state index contributed by atoms with van der Waals surface area (Å²) in [6.45, 7) is -0.337.